The van der Waals surface area contributed by atoms with Crippen LogP contribution in [-0.4, -0.2) is 25.0 Å². The van der Waals surface area contributed by atoms with Gasteiger partial charge in [0.1, 0.15) is 0 Å². The van der Waals surface area contributed by atoms with Crippen LogP contribution in [-0.2, 0) is 4.79 Å². The van der Waals surface area contributed by atoms with Crippen LogP contribution in [0.5, 0.6) is 0 Å². The molecule has 2 aliphatic carbocycles. The lowest BCUT2D eigenvalue weighted by Crippen LogP contribution is -2.40. The average molecular weight is 210 g/mol. The molecule has 0 radical (unpaired) electrons. The van der Waals surface area contributed by atoms with E-state index in [0.717, 1.165) is 24.8 Å². The van der Waals surface area contributed by atoms with Crippen LogP contribution >= 0.6 is 0 Å². The molecular weight excluding hydrogens is 188 g/mol. The lowest BCUT2D eigenvalue weighted by atomic mass is 10.1. The van der Waals surface area contributed by atoms with Crippen molar-refractivity contribution in [3.8, 4) is 0 Å². The molecule has 15 heavy (non-hydrogen) atoms. The first kappa shape index (κ1) is 10.9. The van der Waals surface area contributed by atoms with E-state index in [9.17, 15) is 4.79 Å². The molecule has 0 saturated heterocycles. The maximum absolute atomic E-state index is 11.5. The molecule has 3 heteroatoms. The number of rotatable bonds is 7. The monoisotopic (exact) mass is 210 g/mol. The van der Waals surface area contributed by atoms with Gasteiger partial charge in [0.15, 0.2) is 0 Å². The largest absolute Gasteiger partial charge is 0.355 e. The molecule has 2 fully saturated rings. The summed E-state index contributed by atoms with van der Waals surface area (Å²) in [4.78, 5) is 11.5. The summed E-state index contributed by atoms with van der Waals surface area (Å²) in [5, 5.41) is 6.35. The highest BCUT2D eigenvalue weighted by Crippen LogP contribution is 2.33. The van der Waals surface area contributed by atoms with Crippen LogP contribution < -0.4 is 10.6 Å². The van der Waals surface area contributed by atoms with Crippen molar-refractivity contribution in [3.05, 3.63) is 0 Å². The van der Waals surface area contributed by atoms with Crippen LogP contribution in [0.3, 0.4) is 0 Å². The van der Waals surface area contributed by atoms with Gasteiger partial charge in [-0.3, -0.25) is 4.79 Å². The predicted octanol–water partition coefficient (Wildman–Crippen LogP) is 1.29. The molecule has 0 aromatic heterocycles. The molecule has 2 N–H and O–H groups in total. The fraction of sp³-hybridized carbons (Fsp3) is 0.917. The summed E-state index contributed by atoms with van der Waals surface area (Å²) in [6.45, 7) is 3.58. The van der Waals surface area contributed by atoms with Gasteiger partial charge in [-0.25, -0.2) is 0 Å². The van der Waals surface area contributed by atoms with E-state index in [1.807, 2.05) is 0 Å². The Balaban J connectivity index is 1.56. The van der Waals surface area contributed by atoms with Gasteiger partial charge in [0, 0.05) is 12.6 Å². The molecule has 0 aromatic rings. The van der Waals surface area contributed by atoms with Gasteiger partial charge in [-0.2, -0.15) is 0 Å². The molecule has 0 spiro atoms. The Morgan fingerprint density at radius 2 is 2.07 bits per heavy atom. The van der Waals surface area contributed by atoms with Crippen molar-refractivity contribution in [2.24, 2.45) is 11.8 Å². The van der Waals surface area contributed by atoms with Gasteiger partial charge in [-0.15, -0.1) is 0 Å². The van der Waals surface area contributed by atoms with Crippen molar-refractivity contribution < 1.29 is 4.79 Å². The highest BCUT2D eigenvalue weighted by Gasteiger charge is 2.29. The van der Waals surface area contributed by atoms with Gasteiger partial charge in [0.25, 0.3) is 0 Å². The minimum atomic E-state index is 0.168. The van der Waals surface area contributed by atoms with E-state index < -0.39 is 0 Å². The number of hydrogen-bond acceptors (Lipinski definition) is 2. The molecule has 1 atom stereocenters. The summed E-state index contributed by atoms with van der Waals surface area (Å²) in [6, 6.07) is 0.566. The fourth-order valence-corrected chi connectivity index (χ4v) is 2.01. The standard InChI is InChI=1S/C12H22N2O/c1-2-11(10-5-6-10)13-8-12(15)14-7-9-3-4-9/h9-11,13H,2-8H2,1H3,(H,14,15). The maximum Gasteiger partial charge on any atom is 0.233 e. The molecule has 86 valence electrons. The third kappa shape index (κ3) is 3.82. The first-order chi connectivity index (χ1) is 7.29. The number of carbonyl (C=O) groups is 1. The topological polar surface area (TPSA) is 41.1 Å². The maximum atomic E-state index is 11.5. The summed E-state index contributed by atoms with van der Waals surface area (Å²) in [5.74, 6) is 1.78. The second kappa shape index (κ2) is 4.97. The zero-order chi connectivity index (χ0) is 10.7. The molecular formula is C12H22N2O. The summed E-state index contributed by atoms with van der Waals surface area (Å²) >= 11 is 0. The quantitative estimate of drug-likeness (QED) is 0.665. The Morgan fingerprint density at radius 3 is 2.60 bits per heavy atom. The van der Waals surface area contributed by atoms with Crippen LogP contribution in [0.25, 0.3) is 0 Å². The summed E-state index contributed by atoms with van der Waals surface area (Å²) < 4.78 is 0. The SMILES string of the molecule is CCC(NCC(=O)NCC1CC1)C1CC1. The predicted molar refractivity (Wildman–Crippen MR) is 60.5 cm³/mol. The van der Waals surface area contributed by atoms with E-state index >= 15 is 0 Å². The van der Waals surface area contributed by atoms with Crippen molar-refractivity contribution in [2.75, 3.05) is 13.1 Å². The van der Waals surface area contributed by atoms with Crippen molar-refractivity contribution in [2.45, 2.75) is 45.1 Å². The smallest absolute Gasteiger partial charge is 0.233 e. The second-order valence-corrected chi connectivity index (χ2v) is 4.98. The summed E-state index contributed by atoms with van der Waals surface area (Å²) in [5.41, 5.74) is 0. The second-order valence-electron chi connectivity index (χ2n) is 4.98. The minimum Gasteiger partial charge on any atom is -0.355 e. The Labute approximate surface area is 92.0 Å². The van der Waals surface area contributed by atoms with Gasteiger partial charge >= 0.3 is 0 Å². The average Bonchev–Trinajstić information content (AvgIpc) is 3.08. The van der Waals surface area contributed by atoms with Crippen LogP contribution in [0.4, 0.5) is 0 Å². The Kier molecular flexibility index (Phi) is 3.62. The fourth-order valence-electron chi connectivity index (χ4n) is 2.01. The normalized spacial score (nSPS) is 22.5. The van der Waals surface area contributed by atoms with E-state index in [1.165, 1.54) is 25.7 Å². The third-order valence-corrected chi connectivity index (χ3v) is 3.44. The summed E-state index contributed by atoms with van der Waals surface area (Å²) in [7, 11) is 0. The van der Waals surface area contributed by atoms with Crippen molar-refractivity contribution in [1.82, 2.24) is 10.6 Å². The van der Waals surface area contributed by atoms with Crippen molar-refractivity contribution in [1.29, 1.82) is 0 Å². The Hall–Kier alpha value is -0.570. The van der Waals surface area contributed by atoms with E-state index in [1.54, 1.807) is 0 Å². The van der Waals surface area contributed by atoms with E-state index in [0.29, 0.717) is 12.6 Å². The van der Waals surface area contributed by atoms with Gasteiger partial charge in [0.2, 0.25) is 5.91 Å². The van der Waals surface area contributed by atoms with Crippen LogP contribution in [0.15, 0.2) is 0 Å². The molecule has 0 aromatic carbocycles. The number of nitrogens with one attached hydrogen (secondary N) is 2. The van der Waals surface area contributed by atoms with E-state index in [-0.39, 0.29) is 5.91 Å². The zero-order valence-electron chi connectivity index (χ0n) is 9.59. The number of amides is 1. The van der Waals surface area contributed by atoms with Crippen molar-refractivity contribution in [3.63, 3.8) is 0 Å². The zero-order valence-corrected chi connectivity index (χ0v) is 9.59. The van der Waals surface area contributed by atoms with Gasteiger partial charge in [-0.05, 0) is 43.9 Å². The highest BCUT2D eigenvalue weighted by molar-refractivity contribution is 5.78. The lowest BCUT2D eigenvalue weighted by molar-refractivity contribution is -0.120. The van der Waals surface area contributed by atoms with E-state index in [2.05, 4.69) is 17.6 Å². The third-order valence-electron chi connectivity index (χ3n) is 3.44. The van der Waals surface area contributed by atoms with Gasteiger partial charge in [0.05, 0.1) is 6.54 Å². The molecule has 2 aliphatic rings. The Morgan fingerprint density at radius 1 is 1.33 bits per heavy atom. The van der Waals surface area contributed by atoms with Gasteiger partial charge in [-0.1, -0.05) is 6.92 Å². The Bertz CT molecular complexity index is 222. The molecule has 2 rings (SSSR count). The molecule has 3 nitrogen and oxygen atoms in total. The van der Waals surface area contributed by atoms with E-state index in [4.69, 9.17) is 0 Å². The van der Waals surface area contributed by atoms with Gasteiger partial charge < -0.3 is 10.6 Å². The van der Waals surface area contributed by atoms with Crippen LogP contribution in [0, 0.1) is 11.8 Å². The molecule has 0 aliphatic heterocycles. The molecule has 1 unspecified atom stereocenters. The van der Waals surface area contributed by atoms with Crippen LogP contribution in [0.2, 0.25) is 0 Å². The lowest BCUT2D eigenvalue weighted by Gasteiger charge is -2.15. The van der Waals surface area contributed by atoms with Crippen molar-refractivity contribution >= 4 is 5.91 Å². The molecule has 2 saturated carbocycles. The first-order valence-electron chi connectivity index (χ1n) is 6.29. The molecule has 0 heterocycles. The highest BCUT2D eigenvalue weighted by atomic mass is 16.1. The summed E-state index contributed by atoms with van der Waals surface area (Å²) in [6.07, 6.45) is 6.42. The number of carbonyl (C=O) groups excluding carboxylic acids is 1. The molecule has 0 bridgehead atoms. The minimum absolute atomic E-state index is 0.168. The molecule has 1 amide bonds. The first-order valence-corrected chi connectivity index (χ1v) is 6.29. The number of hydrogen-bond donors (Lipinski definition) is 2. The van der Waals surface area contributed by atoms with Crippen LogP contribution in [0.1, 0.15) is 39.0 Å².